The first-order valence-electron chi connectivity index (χ1n) is 5.32. The zero-order chi connectivity index (χ0) is 12.3. The van der Waals surface area contributed by atoms with Crippen molar-refractivity contribution in [3.8, 4) is 0 Å². The van der Waals surface area contributed by atoms with Crippen molar-refractivity contribution in [1.29, 1.82) is 0 Å². The van der Waals surface area contributed by atoms with E-state index in [9.17, 15) is 0 Å². The summed E-state index contributed by atoms with van der Waals surface area (Å²) >= 11 is 5.21. The largest absolute Gasteiger partial charge is 0.270 e. The molecule has 0 atom stereocenters. The lowest BCUT2D eigenvalue weighted by atomic mass is 10.3. The van der Waals surface area contributed by atoms with Crippen LogP contribution in [-0.2, 0) is 19.2 Å². The highest BCUT2D eigenvalue weighted by Crippen LogP contribution is 2.27. The Bertz CT molecular complexity index is 498. The first kappa shape index (κ1) is 12.6. The monoisotopic (exact) mass is 312 g/mol. The molecule has 0 fully saturated rings. The van der Waals surface area contributed by atoms with E-state index in [-0.39, 0.29) is 0 Å². The van der Waals surface area contributed by atoms with Crippen molar-refractivity contribution in [2.45, 2.75) is 24.3 Å². The predicted octanol–water partition coefficient (Wildman–Crippen LogP) is 2.83. The standard InChI is InChI=1S/C11H13BrN4S/c1-3-8-10(12)9(16(2)15-8)7-17-11-13-5-4-6-14-11/h4-6H,3,7H2,1-2H3. The zero-order valence-corrected chi connectivity index (χ0v) is 12.1. The van der Waals surface area contributed by atoms with Crippen LogP contribution in [0.2, 0.25) is 0 Å². The molecule has 2 aromatic heterocycles. The minimum Gasteiger partial charge on any atom is -0.270 e. The van der Waals surface area contributed by atoms with Crippen molar-refractivity contribution in [2.75, 3.05) is 0 Å². The van der Waals surface area contributed by atoms with Gasteiger partial charge in [0.25, 0.3) is 0 Å². The maximum atomic E-state index is 4.46. The number of aryl methyl sites for hydroxylation is 2. The molecule has 17 heavy (non-hydrogen) atoms. The van der Waals surface area contributed by atoms with Crippen molar-refractivity contribution < 1.29 is 0 Å². The van der Waals surface area contributed by atoms with Crippen LogP contribution in [-0.4, -0.2) is 19.7 Å². The third kappa shape index (κ3) is 2.87. The van der Waals surface area contributed by atoms with Crippen LogP contribution in [0.1, 0.15) is 18.3 Å². The second kappa shape index (κ2) is 5.64. The van der Waals surface area contributed by atoms with Crippen LogP contribution < -0.4 is 0 Å². The van der Waals surface area contributed by atoms with Crippen LogP contribution in [0.3, 0.4) is 0 Å². The maximum absolute atomic E-state index is 4.46. The maximum Gasteiger partial charge on any atom is 0.187 e. The number of rotatable bonds is 4. The van der Waals surface area contributed by atoms with Crippen molar-refractivity contribution in [1.82, 2.24) is 19.7 Å². The van der Waals surface area contributed by atoms with Crippen LogP contribution >= 0.6 is 27.7 Å². The van der Waals surface area contributed by atoms with Gasteiger partial charge in [-0.05, 0) is 28.4 Å². The van der Waals surface area contributed by atoms with Gasteiger partial charge < -0.3 is 0 Å². The van der Waals surface area contributed by atoms with E-state index < -0.39 is 0 Å². The predicted molar refractivity (Wildman–Crippen MR) is 71.9 cm³/mol. The van der Waals surface area contributed by atoms with E-state index in [1.54, 1.807) is 24.2 Å². The molecule has 0 radical (unpaired) electrons. The fraction of sp³-hybridized carbons (Fsp3) is 0.364. The SMILES string of the molecule is CCc1nn(C)c(CSc2ncccn2)c1Br. The molecule has 0 saturated carbocycles. The molecule has 0 aromatic carbocycles. The van der Waals surface area contributed by atoms with Gasteiger partial charge in [-0.3, -0.25) is 4.68 Å². The number of nitrogens with zero attached hydrogens (tertiary/aromatic N) is 4. The Hall–Kier alpha value is -0.880. The number of aromatic nitrogens is 4. The van der Waals surface area contributed by atoms with E-state index in [2.05, 4.69) is 37.9 Å². The number of halogens is 1. The Labute approximate surface area is 113 Å². The molecule has 2 heterocycles. The lowest BCUT2D eigenvalue weighted by Gasteiger charge is -2.01. The average Bonchev–Trinajstić information content (AvgIpc) is 2.63. The smallest absolute Gasteiger partial charge is 0.187 e. The highest BCUT2D eigenvalue weighted by Gasteiger charge is 2.12. The summed E-state index contributed by atoms with van der Waals surface area (Å²) in [5.74, 6) is 0.814. The molecule has 0 bridgehead atoms. The minimum absolute atomic E-state index is 0.790. The molecule has 90 valence electrons. The highest BCUT2D eigenvalue weighted by atomic mass is 79.9. The van der Waals surface area contributed by atoms with Gasteiger partial charge in [-0.2, -0.15) is 5.10 Å². The summed E-state index contributed by atoms with van der Waals surface area (Å²) in [6.07, 6.45) is 4.44. The Morgan fingerprint density at radius 3 is 2.65 bits per heavy atom. The summed E-state index contributed by atoms with van der Waals surface area (Å²) in [5.41, 5.74) is 2.26. The molecule has 2 rings (SSSR count). The fourth-order valence-corrected chi connectivity index (χ4v) is 3.28. The molecular formula is C11H13BrN4S. The van der Waals surface area contributed by atoms with Gasteiger partial charge in [-0.1, -0.05) is 18.7 Å². The third-order valence-electron chi connectivity index (χ3n) is 2.38. The van der Waals surface area contributed by atoms with Gasteiger partial charge in [0.05, 0.1) is 15.9 Å². The summed E-state index contributed by atoms with van der Waals surface area (Å²) in [7, 11) is 1.96. The molecule has 0 aliphatic rings. The van der Waals surface area contributed by atoms with Crippen LogP contribution in [0, 0.1) is 0 Å². The molecule has 0 amide bonds. The van der Waals surface area contributed by atoms with Gasteiger partial charge in [0, 0.05) is 25.2 Å². The average molecular weight is 313 g/mol. The lowest BCUT2D eigenvalue weighted by Crippen LogP contribution is -1.97. The van der Waals surface area contributed by atoms with Gasteiger partial charge in [-0.25, -0.2) is 9.97 Å². The normalized spacial score (nSPS) is 10.8. The second-order valence-corrected chi connectivity index (χ2v) is 5.24. The summed E-state index contributed by atoms with van der Waals surface area (Å²) in [6.45, 7) is 2.10. The van der Waals surface area contributed by atoms with Crippen LogP contribution in [0.4, 0.5) is 0 Å². The van der Waals surface area contributed by atoms with Gasteiger partial charge in [0.1, 0.15) is 0 Å². The molecule has 0 aliphatic heterocycles. The Kier molecular flexibility index (Phi) is 4.17. The topological polar surface area (TPSA) is 43.6 Å². The van der Waals surface area contributed by atoms with E-state index in [1.807, 2.05) is 17.8 Å². The first-order chi connectivity index (χ1) is 8.22. The molecule has 0 N–H and O–H groups in total. The van der Waals surface area contributed by atoms with Gasteiger partial charge in [0.15, 0.2) is 5.16 Å². The van der Waals surface area contributed by atoms with Crippen molar-refractivity contribution in [2.24, 2.45) is 7.05 Å². The van der Waals surface area contributed by atoms with Crippen molar-refractivity contribution in [3.05, 3.63) is 34.3 Å². The number of thioether (sulfide) groups is 1. The summed E-state index contributed by atoms with van der Waals surface area (Å²) in [4.78, 5) is 8.37. The summed E-state index contributed by atoms with van der Waals surface area (Å²) in [5, 5.41) is 5.25. The van der Waals surface area contributed by atoms with E-state index in [4.69, 9.17) is 0 Å². The van der Waals surface area contributed by atoms with E-state index in [0.717, 1.165) is 27.5 Å². The van der Waals surface area contributed by atoms with Gasteiger partial charge in [0.2, 0.25) is 0 Å². The van der Waals surface area contributed by atoms with Gasteiger partial charge >= 0.3 is 0 Å². The van der Waals surface area contributed by atoms with Crippen molar-refractivity contribution in [3.63, 3.8) is 0 Å². The quantitative estimate of drug-likeness (QED) is 0.643. The van der Waals surface area contributed by atoms with Crippen molar-refractivity contribution >= 4 is 27.7 Å². The molecule has 4 nitrogen and oxygen atoms in total. The van der Waals surface area contributed by atoms with Gasteiger partial charge in [-0.15, -0.1) is 0 Å². The molecular weight excluding hydrogens is 300 g/mol. The van der Waals surface area contributed by atoms with E-state index in [0.29, 0.717) is 0 Å². The Balaban J connectivity index is 2.12. The highest BCUT2D eigenvalue weighted by molar-refractivity contribution is 9.10. The lowest BCUT2D eigenvalue weighted by molar-refractivity contribution is 0.719. The van der Waals surface area contributed by atoms with Crippen LogP contribution in [0.15, 0.2) is 28.1 Å². The molecule has 0 aliphatic carbocycles. The van der Waals surface area contributed by atoms with E-state index in [1.165, 1.54) is 5.69 Å². The summed E-state index contributed by atoms with van der Waals surface area (Å²) in [6, 6.07) is 1.82. The second-order valence-electron chi connectivity index (χ2n) is 3.50. The van der Waals surface area contributed by atoms with E-state index >= 15 is 0 Å². The van der Waals surface area contributed by atoms with Crippen LogP contribution in [0.25, 0.3) is 0 Å². The molecule has 2 aromatic rings. The Morgan fingerprint density at radius 1 is 1.35 bits per heavy atom. The minimum atomic E-state index is 0.790. The number of hydrogen-bond donors (Lipinski definition) is 0. The molecule has 0 saturated heterocycles. The van der Waals surface area contributed by atoms with Crippen LogP contribution in [0.5, 0.6) is 0 Å². The Morgan fingerprint density at radius 2 is 2.06 bits per heavy atom. The first-order valence-corrected chi connectivity index (χ1v) is 7.10. The molecule has 6 heteroatoms. The molecule has 0 unspecified atom stereocenters. The third-order valence-corrected chi connectivity index (χ3v) is 4.19. The fourth-order valence-electron chi connectivity index (χ4n) is 1.47. The zero-order valence-electron chi connectivity index (χ0n) is 9.72. The summed E-state index contributed by atoms with van der Waals surface area (Å²) < 4.78 is 3.02. The number of hydrogen-bond acceptors (Lipinski definition) is 4. The molecule has 0 spiro atoms.